The van der Waals surface area contributed by atoms with Crippen LogP contribution in [-0.4, -0.2) is 31.6 Å². The number of carbonyl (C=O) groups excluding carboxylic acids is 2. The van der Waals surface area contributed by atoms with E-state index in [2.05, 4.69) is 27.3 Å². The van der Waals surface area contributed by atoms with Crippen molar-refractivity contribution in [2.75, 3.05) is 11.5 Å². The number of aryl methyl sites for hydroxylation is 1. The van der Waals surface area contributed by atoms with E-state index in [0.717, 1.165) is 35.0 Å². The molecule has 5 N–H and O–H groups in total. The van der Waals surface area contributed by atoms with E-state index in [9.17, 15) is 9.59 Å². The lowest BCUT2D eigenvalue weighted by molar-refractivity contribution is -0.124. The van der Waals surface area contributed by atoms with E-state index in [1.165, 1.54) is 0 Å². The van der Waals surface area contributed by atoms with Gasteiger partial charge < -0.3 is 11.5 Å². The number of amides is 2. The fraction of sp³-hybridized carbons (Fsp3) is 0.278. The van der Waals surface area contributed by atoms with Crippen molar-refractivity contribution < 1.29 is 9.59 Å². The Bertz CT molecular complexity index is 983. The van der Waals surface area contributed by atoms with Gasteiger partial charge >= 0.3 is 0 Å². The number of benzene rings is 1. The number of nitrogens with zero attached hydrogens (tertiary/aromatic N) is 4. The van der Waals surface area contributed by atoms with Crippen LogP contribution in [0, 0.1) is 0 Å². The summed E-state index contributed by atoms with van der Waals surface area (Å²) >= 11 is 0. The number of nitrogen functional groups attached to an aromatic ring is 2. The maximum absolute atomic E-state index is 10.1. The van der Waals surface area contributed by atoms with Crippen LogP contribution in [0.4, 0.5) is 11.8 Å². The summed E-state index contributed by atoms with van der Waals surface area (Å²) in [6.07, 6.45) is 5.31. The summed E-state index contributed by atoms with van der Waals surface area (Å²) in [6.45, 7) is 3.05. The van der Waals surface area contributed by atoms with Gasteiger partial charge in [-0.3, -0.25) is 19.6 Å². The van der Waals surface area contributed by atoms with Crippen LogP contribution >= 0.6 is 0 Å². The summed E-state index contributed by atoms with van der Waals surface area (Å²) in [7, 11) is 0. The summed E-state index contributed by atoms with van der Waals surface area (Å²) in [5.74, 6) is 0.274. The number of anilines is 2. The van der Waals surface area contributed by atoms with Crippen molar-refractivity contribution in [2.24, 2.45) is 0 Å². The largest absolute Gasteiger partial charge is 0.383 e. The van der Waals surface area contributed by atoms with E-state index in [-0.39, 0.29) is 17.8 Å². The highest BCUT2D eigenvalue weighted by Gasteiger charge is 2.15. The van der Waals surface area contributed by atoms with Crippen molar-refractivity contribution in [3.8, 4) is 11.1 Å². The van der Waals surface area contributed by atoms with Crippen molar-refractivity contribution in [3.63, 3.8) is 0 Å². The van der Waals surface area contributed by atoms with Gasteiger partial charge in [-0.1, -0.05) is 13.0 Å². The number of rotatable bonds is 3. The highest BCUT2D eigenvalue weighted by atomic mass is 16.2. The minimum absolute atomic E-state index is 0.148. The molecule has 1 fully saturated rings. The number of imide groups is 1. The van der Waals surface area contributed by atoms with Gasteiger partial charge in [-0.15, -0.1) is 0 Å². The Morgan fingerprint density at radius 1 is 1.15 bits per heavy atom. The van der Waals surface area contributed by atoms with Crippen LogP contribution in [-0.2, 0) is 16.1 Å². The molecule has 1 aromatic carbocycles. The minimum atomic E-state index is -0.148. The molecule has 1 saturated heterocycles. The third-order valence-corrected chi connectivity index (χ3v) is 4.08. The minimum Gasteiger partial charge on any atom is -0.383 e. The Morgan fingerprint density at radius 2 is 1.89 bits per heavy atom. The molecule has 1 aliphatic rings. The van der Waals surface area contributed by atoms with Crippen LogP contribution in [0.25, 0.3) is 22.0 Å². The van der Waals surface area contributed by atoms with Crippen molar-refractivity contribution in [1.82, 2.24) is 25.1 Å². The Hall–Kier alpha value is -3.49. The zero-order chi connectivity index (χ0) is 19.4. The molecule has 27 heavy (non-hydrogen) atoms. The molecule has 9 nitrogen and oxygen atoms in total. The first-order valence-electron chi connectivity index (χ1n) is 8.64. The molecule has 0 atom stereocenters. The zero-order valence-electron chi connectivity index (χ0n) is 15.0. The Balaban J connectivity index is 0.000000253. The second-order valence-electron chi connectivity index (χ2n) is 6.14. The summed E-state index contributed by atoms with van der Waals surface area (Å²) in [5, 5.41) is 7.61. The predicted molar refractivity (Wildman–Crippen MR) is 102 cm³/mol. The second kappa shape index (κ2) is 7.81. The lowest BCUT2D eigenvalue weighted by Crippen LogP contribution is -2.18. The van der Waals surface area contributed by atoms with Crippen LogP contribution in [0.1, 0.15) is 26.2 Å². The highest BCUT2D eigenvalue weighted by Crippen LogP contribution is 2.27. The van der Waals surface area contributed by atoms with Crippen molar-refractivity contribution >= 4 is 34.5 Å². The van der Waals surface area contributed by atoms with Gasteiger partial charge in [0.15, 0.2) is 0 Å². The van der Waals surface area contributed by atoms with Crippen LogP contribution in [0.5, 0.6) is 0 Å². The van der Waals surface area contributed by atoms with Gasteiger partial charge in [-0.05, 0) is 24.1 Å². The fourth-order valence-corrected chi connectivity index (χ4v) is 2.78. The molecule has 4 rings (SSSR count). The Kier molecular flexibility index (Phi) is 5.30. The number of carbonyl (C=O) groups is 2. The maximum atomic E-state index is 10.1. The van der Waals surface area contributed by atoms with Crippen LogP contribution < -0.4 is 16.8 Å². The lowest BCUT2D eigenvalue weighted by atomic mass is 10.1. The SMILES string of the molecule is CCCn1ncc2cc(-c3cnc(N)nc3N)ccc21.O=C1CCC(=O)N1. The van der Waals surface area contributed by atoms with E-state index in [0.29, 0.717) is 18.7 Å². The third-order valence-electron chi connectivity index (χ3n) is 4.08. The third kappa shape index (κ3) is 4.20. The van der Waals surface area contributed by atoms with E-state index < -0.39 is 0 Å². The standard InChI is InChI=1S/C14H16N6.C4H5NO2/c1-2-5-20-12-4-3-9(6-10(12)7-18-20)11-8-17-14(16)19-13(11)15;6-3-1-2-4(7)5-3/h3-4,6-8H,2,5H2,1H3,(H4,15,16,17,19);1-2H2,(H,5,6,7). The summed E-state index contributed by atoms with van der Waals surface area (Å²) < 4.78 is 2.00. The molecular formula is C18H21N7O2. The normalized spacial score (nSPS) is 13.4. The first kappa shape index (κ1) is 18.3. The van der Waals surface area contributed by atoms with Crippen molar-refractivity contribution in [2.45, 2.75) is 32.7 Å². The monoisotopic (exact) mass is 367 g/mol. The van der Waals surface area contributed by atoms with Gasteiger partial charge in [-0.2, -0.15) is 10.1 Å². The van der Waals surface area contributed by atoms with Crippen molar-refractivity contribution in [3.05, 3.63) is 30.6 Å². The average Bonchev–Trinajstić information content (AvgIpc) is 3.21. The van der Waals surface area contributed by atoms with E-state index >= 15 is 0 Å². The molecule has 0 unspecified atom stereocenters. The maximum Gasteiger partial charge on any atom is 0.227 e. The van der Waals surface area contributed by atoms with E-state index in [4.69, 9.17) is 11.5 Å². The molecule has 0 saturated carbocycles. The number of aromatic nitrogens is 4. The van der Waals surface area contributed by atoms with Gasteiger partial charge in [0.2, 0.25) is 17.8 Å². The Morgan fingerprint density at radius 3 is 2.48 bits per heavy atom. The quantitative estimate of drug-likeness (QED) is 0.595. The molecule has 3 aromatic rings. The number of hydrogen-bond acceptors (Lipinski definition) is 7. The molecule has 0 aliphatic carbocycles. The molecule has 140 valence electrons. The molecule has 2 aromatic heterocycles. The number of hydrogen-bond donors (Lipinski definition) is 3. The van der Waals surface area contributed by atoms with Crippen LogP contribution in [0.15, 0.2) is 30.6 Å². The van der Waals surface area contributed by atoms with Gasteiger partial charge in [-0.25, -0.2) is 4.98 Å². The first-order chi connectivity index (χ1) is 13.0. The smallest absolute Gasteiger partial charge is 0.227 e. The summed E-state index contributed by atoms with van der Waals surface area (Å²) in [5.41, 5.74) is 14.3. The van der Waals surface area contributed by atoms with Gasteiger partial charge in [0.05, 0.1) is 11.7 Å². The number of nitrogens with two attached hydrogens (primary N) is 2. The zero-order valence-corrected chi connectivity index (χ0v) is 15.0. The van der Waals surface area contributed by atoms with Gasteiger partial charge in [0, 0.05) is 36.5 Å². The molecular weight excluding hydrogens is 346 g/mol. The summed E-state index contributed by atoms with van der Waals surface area (Å²) in [6, 6.07) is 6.09. The van der Waals surface area contributed by atoms with Crippen molar-refractivity contribution in [1.29, 1.82) is 0 Å². The highest BCUT2D eigenvalue weighted by molar-refractivity contribution is 6.01. The molecule has 9 heteroatoms. The fourth-order valence-electron chi connectivity index (χ4n) is 2.78. The van der Waals surface area contributed by atoms with Crippen LogP contribution in [0.3, 0.4) is 0 Å². The predicted octanol–water partition coefficient (Wildman–Crippen LogP) is 1.49. The first-order valence-corrected chi connectivity index (χ1v) is 8.64. The molecule has 0 spiro atoms. The Labute approximate surface area is 155 Å². The van der Waals surface area contributed by atoms with E-state index in [1.54, 1.807) is 6.20 Å². The lowest BCUT2D eigenvalue weighted by Gasteiger charge is -2.06. The number of fused-ring (bicyclic) bond motifs is 1. The summed E-state index contributed by atoms with van der Waals surface area (Å²) in [4.78, 5) is 28.2. The molecule has 0 bridgehead atoms. The van der Waals surface area contributed by atoms with Gasteiger partial charge in [0.1, 0.15) is 5.82 Å². The molecule has 2 amide bonds. The van der Waals surface area contributed by atoms with Crippen LogP contribution in [0.2, 0.25) is 0 Å². The number of nitrogens with one attached hydrogen (secondary N) is 1. The second-order valence-corrected chi connectivity index (χ2v) is 6.14. The average molecular weight is 367 g/mol. The molecule has 0 radical (unpaired) electrons. The topological polar surface area (TPSA) is 142 Å². The van der Waals surface area contributed by atoms with E-state index in [1.807, 2.05) is 29.1 Å². The molecule has 1 aliphatic heterocycles. The molecule has 3 heterocycles. The van der Waals surface area contributed by atoms with Gasteiger partial charge in [0.25, 0.3) is 0 Å².